The zero-order valence-electron chi connectivity index (χ0n) is 17.4. The van der Waals surface area contributed by atoms with Gasteiger partial charge in [0.1, 0.15) is 11.4 Å². The van der Waals surface area contributed by atoms with Crippen LogP contribution in [0.25, 0.3) is 10.8 Å². The summed E-state index contributed by atoms with van der Waals surface area (Å²) in [6, 6.07) is 22.9. The van der Waals surface area contributed by atoms with Crippen molar-refractivity contribution in [1.29, 1.82) is 0 Å². The third kappa shape index (κ3) is 4.52. The van der Waals surface area contributed by atoms with Gasteiger partial charge >= 0.3 is 0 Å². The third-order valence-electron chi connectivity index (χ3n) is 4.82. The molecule has 0 radical (unpaired) electrons. The monoisotopic (exact) mass is 426 g/mol. The molecule has 0 spiro atoms. The molecule has 32 heavy (non-hydrogen) atoms. The maximum atomic E-state index is 13.0. The van der Waals surface area contributed by atoms with Crippen LogP contribution in [0.15, 0.2) is 89.1 Å². The van der Waals surface area contributed by atoms with Gasteiger partial charge < -0.3 is 20.9 Å². The lowest BCUT2D eigenvalue weighted by atomic mass is 10.0. The molecule has 7 nitrogen and oxygen atoms in total. The van der Waals surface area contributed by atoms with Crippen LogP contribution < -0.4 is 15.8 Å². The van der Waals surface area contributed by atoms with Crippen molar-refractivity contribution in [1.82, 2.24) is 0 Å². The number of carbonyl (C=O) groups excluding carboxylic acids is 1. The van der Waals surface area contributed by atoms with Crippen molar-refractivity contribution in [2.24, 2.45) is 10.2 Å². The Bertz CT molecular complexity index is 1280. The maximum absolute atomic E-state index is 13.0. The Kier molecular flexibility index (Phi) is 5.98. The van der Waals surface area contributed by atoms with E-state index < -0.39 is 5.91 Å². The van der Waals surface area contributed by atoms with Crippen molar-refractivity contribution in [2.75, 3.05) is 17.7 Å². The van der Waals surface area contributed by atoms with E-state index in [4.69, 9.17) is 10.5 Å². The summed E-state index contributed by atoms with van der Waals surface area (Å²) < 4.78 is 5.42. The van der Waals surface area contributed by atoms with E-state index in [1.807, 2.05) is 31.2 Å². The van der Waals surface area contributed by atoms with Crippen LogP contribution in [0.3, 0.4) is 0 Å². The zero-order chi connectivity index (χ0) is 22.5. The number of phenols is 1. The maximum Gasteiger partial charge on any atom is 0.259 e. The Labute approximate surface area is 185 Å². The van der Waals surface area contributed by atoms with E-state index in [-0.39, 0.29) is 17.0 Å². The molecule has 4 aromatic carbocycles. The molecule has 0 bridgehead atoms. The largest absolute Gasteiger partial charge is 0.505 e. The van der Waals surface area contributed by atoms with Gasteiger partial charge in [0, 0.05) is 16.8 Å². The van der Waals surface area contributed by atoms with E-state index in [0.29, 0.717) is 34.8 Å². The van der Waals surface area contributed by atoms with E-state index in [9.17, 15) is 9.90 Å². The molecule has 0 unspecified atom stereocenters. The van der Waals surface area contributed by atoms with Crippen molar-refractivity contribution >= 4 is 39.4 Å². The van der Waals surface area contributed by atoms with Gasteiger partial charge in [-0.1, -0.05) is 24.3 Å². The highest BCUT2D eigenvalue weighted by Gasteiger charge is 2.18. The van der Waals surface area contributed by atoms with Crippen LogP contribution in [-0.2, 0) is 0 Å². The molecule has 0 saturated carbocycles. The van der Waals surface area contributed by atoms with Crippen LogP contribution in [0.4, 0.5) is 22.7 Å². The number of nitrogens with one attached hydrogen (secondary N) is 1. The van der Waals surface area contributed by atoms with E-state index in [1.165, 1.54) is 0 Å². The molecule has 0 aromatic heterocycles. The van der Waals surface area contributed by atoms with Crippen LogP contribution in [0.2, 0.25) is 0 Å². The number of nitrogens with zero attached hydrogens (tertiary/aromatic N) is 2. The summed E-state index contributed by atoms with van der Waals surface area (Å²) in [5.41, 5.74) is 7.80. The fraction of sp³-hybridized carbons (Fsp3) is 0.0800. The number of amides is 1. The molecule has 0 fully saturated rings. The minimum atomic E-state index is -0.457. The molecule has 4 N–H and O–H groups in total. The van der Waals surface area contributed by atoms with Crippen molar-refractivity contribution in [3.63, 3.8) is 0 Å². The summed E-state index contributed by atoms with van der Waals surface area (Å²) in [7, 11) is 0. The molecular formula is C25H22N4O3. The van der Waals surface area contributed by atoms with Crippen molar-refractivity contribution in [3.8, 4) is 11.5 Å². The molecular weight excluding hydrogens is 404 g/mol. The Morgan fingerprint density at radius 3 is 2.44 bits per heavy atom. The number of fused-ring (bicyclic) bond motifs is 1. The lowest BCUT2D eigenvalue weighted by molar-refractivity contribution is 0.102. The number of aromatic hydroxyl groups is 1. The Hall–Kier alpha value is -4.39. The van der Waals surface area contributed by atoms with E-state index in [2.05, 4.69) is 15.5 Å². The summed E-state index contributed by atoms with van der Waals surface area (Å²) in [6.45, 7) is 2.46. The number of anilines is 2. The summed E-state index contributed by atoms with van der Waals surface area (Å²) in [6.07, 6.45) is 0. The average Bonchev–Trinajstić information content (AvgIpc) is 2.80. The topological polar surface area (TPSA) is 109 Å². The Balaban J connectivity index is 1.69. The Morgan fingerprint density at radius 1 is 1.00 bits per heavy atom. The highest BCUT2D eigenvalue weighted by molar-refractivity contribution is 6.11. The second-order valence-corrected chi connectivity index (χ2v) is 7.05. The standard InChI is InChI=1S/C25H22N4O3/c1-2-32-20-13-11-18(12-14-20)27-25(31)22-15-16-5-3-4-6-21(16)23(24(22)30)29-28-19-9-7-17(26)8-10-19/h3-15,30H,2,26H2,1H3,(H,27,31). The van der Waals surface area contributed by atoms with Gasteiger partial charge in [-0.2, -0.15) is 5.11 Å². The lowest BCUT2D eigenvalue weighted by Gasteiger charge is -2.11. The first-order valence-corrected chi connectivity index (χ1v) is 10.1. The summed E-state index contributed by atoms with van der Waals surface area (Å²) in [5, 5.41) is 23.6. The summed E-state index contributed by atoms with van der Waals surface area (Å²) >= 11 is 0. The van der Waals surface area contributed by atoms with Gasteiger partial charge in [-0.15, -0.1) is 5.11 Å². The van der Waals surface area contributed by atoms with Crippen LogP contribution in [0.5, 0.6) is 11.5 Å². The number of rotatable bonds is 6. The molecule has 7 heteroatoms. The van der Waals surface area contributed by atoms with Crippen LogP contribution in [0.1, 0.15) is 17.3 Å². The number of hydrogen-bond acceptors (Lipinski definition) is 6. The third-order valence-corrected chi connectivity index (χ3v) is 4.82. The quantitative estimate of drug-likeness (QED) is 0.252. The number of azo groups is 1. The van der Waals surface area contributed by atoms with Crippen LogP contribution in [0, 0.1) is 0 Å². The molecule has 0 heterocycles. The number of nitrogens with two attached hydrogens (primary N) is 1. The molecule has 0 aliphatic carbocycles. The van der Waals surface area contributed by atoms with Gasteiger partial charge in [0.2, 0.25) is 0 Å². The molecule has 0 saturated heterocycles. The first-order valence-electron chi connectivity index (χ1n) is 10.1. The van der Waals surface area contributed by atoms with E-state index >= 15 is 0 Å². The van der Waals surface area contributed by atoms with Crippen LogP contribution in [-0.4, -0.2) is 17.6 Å². The number of ether oxygens (including phenoxy) is 1. The second kappa shape index (κ2) is 9.18. The number of benzene rings is 4. The van der Waals surface area contributed by atoms with Gasteiger partial charge in [0.25, 0.3) is 5.91 Å². The normalized spacial score (nSPS) is 11.0. The second-order valence-electron chi connectivity index (χ2n) is 7.05. The SMILES string of the molecule is CCOc1ccc(NC(=O)c2cc3ccccc3c(N=Nc3ccc(N)cc3)c2O)cc1. The zero-order valence-corrected chi connectivity index (χ0v) is 17.4. The molecule has 0 atom stereocenters. The van der Waals surface area contributed by atoms with Gasteiger partial charge in [-0.3, -0.25) is 4.79 Å². The number of carbonyl (C=O) groups is 1. The van der Waals surface area contributed by atoms with Crippen molar-refractivity contribution in [3.05, 3.63) is 84.4 Å². The Morgan fingerprint density at radius 2 is 1.72 bits per heavy atom. The van der Waals surface area contributed by atoms with Gasteiger partial charge in [0.05, 0.1) is 17.9 Å². The fourth-order valence-corrected chi connectivity index (χ4v) is 3.24. The number of nitrogen functional groups attached to an aromatic ring is 1. The molecule has 4 aromatic rings. The number of hydrogen-bond donors (Lipinski definition) is 3. The predicted molar refractivity (Wildman–Crippen MR) is 126 cm³/mol. The van der Waals surface area contributed by atoms with Crippen LogP contribution >= 0.6 is 0 Å². The molecule has 160 valence electrons. The highest BCUT2D eigenvalue weighted by Crippen LogP contribution is 2.39. The molecule has 4 rings (SSSR count). The fourth-order valence-electron chi connectivity index (χ4n) is 3.24. The van der Waals surface area contributed by atoms with Crippen molar-refractivity contribution < 1.29 is 14.6 Å². The lowest BCUT2D eigenvalue weighted by Crippen LogP contribution is -2.12. The van der Waals surface area contributed by atoms with Gasteiger partial charge in [-0.05, 0) is 66.9 Å². The molecule has 0 aliphatic rings. The molecule has 0 aliphatic heterocycles. The van der Waals surface area contributed by atoms with Gasteiger partial charge in [0.15, 0.2) is 5.75 Å². The first-order chi connectivity index (χ1) is 15.5. The summed E-state index contributed by atoms with van der Waals surface area (Å²) in [5.74, 6) is 0.0112. The highest BCUT2D eigenvalue weighted by atomic mass is 16.5. The summed E-state index contributed by atoms with van der Waals surface area (Å²) in [4.78, 5) is 13.0. The van der Waals surface area contributed by atoms with Crippen molar-refractivity contribution in [2.45, 2.75) is 6.92 Å². The minimum absolute atomic E-state index is 0.101. The first kappa shape index (κ1) is 20.9. The average molecular weight is 426 g/mol. The predicted octanol–water partition coefficient (Wildman–Crippen LogP) is 6.19. The smallest absolute Gasteiger partial charge is 0.259 e. The van der Waals surface area contributed by atoms with E-state index in [1.54, 1.807) is 54.6 Å². The number of phenolic OH excluding ortho intramolecular Hbond substituents is 1. The van der Waals surface area contributed by atoms with Gasteiger partial charge in [-0.25, -0.2) is 0 Å². The van der Waals surface area contributed by atoms with E-state index in [0.717, 1.165) is 5.39 Å². The minimum Gasteiger partial charge on any atom is -0.505 e. The molecule has 1 amide bonds.